The van der Waals surface area contributed by atoms with Crippen molar-refractivity contribution in [2.24, 2.45) is 0 Å². The molecule has 1 saturated heterocycles. The van der Waals surface area contributed by atoms with E-state index in [1.54, 1.807) is 11.6 Å². The first kappa shape index (κ1) is 14.8. The van der Waals surface area contributed by atoms with Gasteiger partial charge >= 0.3 is 5.97 Å². The van der Waals surface area contributed by atoms with Crippen LogP contribution in [0.15, 0.2) is 18.2 Å². The molecule has 1 aliphatic rings. The largest absolute Gasteiger partial charge is 0.466 e. The van der Waals surface area contributed by atoms with E-state index in [0.29, 0.717) is 19.6 Å². The van der Waals surface area contributed by atoms with Gasteiger partial charge in [-0.2, -0.15) is 0 Å². The maximum Gasteiger partial charge on any atom is 0.307 e. The van der Waals surface area contributed by atoms with Gasteiger partial charge in [-0.1, -0.05) is 5.21 Å². The first-order valence-electron chi connectivity index (χ1n) is 7.72. The Hall–Kier alpha value is -2.15. The van der Waals surface area contributed by atoms with Crippen molar-refractivity contribution in [1.82, 2.24) is 20.3 Å². The van der Waals surface area contributed by atoms with E-state index in [4.69, 9.17) is 4.74 Å². The van der Waals surface area contributed by atoms with E-state index in [0.717, 1.165) is 37.2 Å². The van der Waals surface area contributed by atoms with Gasteiger partial charge in [0.15, 0.2) is 0 Å². The second-order valence-electron chi connectivity index (χ2n) is 5.28. The second kappa shape index (κ2) is 6.74. The van der Waals surface area contributed by atoms with E-state index in [9.17, 15) is 4.79 Å². The van der Waals surface area contributed by atoms with E-state index in [2.05, 4.69) is 32.7 Å². The number of esters is 1. The standard InChI is InChI=1S/C15H21N5O2/c1-2-22-15(21)5-8-20-14-4-3-12(11-13(14)17-18-20)19-9-6-16-7-10-19/h3-4,11,16H,2,5-10H2,1H3. The molecule has 7 nitrogen and oxygen atoms in total. The molecule has 118 valence electrons. The summed E-state index contributed by atoms with van der Waals surface area (Å²) in [4.78, 5) is 13.8. The van der Waals surface area contributed by atoms with Crippen LogP contribution in [0.2, 0.25) is 0 Å². The second-order valence-corrected chi connectivity index (χ2v) is 5.28. The number of carbonyl (C=O) groups excluding carboxylic acids is 1. The number of hydrogen-bond donors (Lipinski definition) is 1. The number of carbonyl (C=O) groups is 1. The molecular formula is C15H21N5O2. The van der Waals surface area contributed by atoms with Crippen LogP contribution >= 0.6 is 0 Å². The zero-order valence-corrected chi connectivity index (χ0v) is 12.8. The number of anilines is 1. The average molecular weight is 303 g/mol. The summed E-state index contributed by atoms with van der Waals surface area (Å²) < 4.78 is 6.70. The molecule has 0 radical (unpaired) electrons. The molecule has 22 heavy (non-hydrogen) atoms. The zero-order valence-electron chi connectivity index (χ0n) is 12.8. The topological polar surface area (TPSA) is 72.3 Å². The fraction of sp³-hybridized carbons (Fsp3) is 0.533. The number of rotatable bonds is 5. The molecule has 0 aliphatic carbocycles. The van der Waals surface area contributed by atoms with Gasteiger partial charge in [-0.3, -0.25) is 4.79 Å². The van der Waals surface area contributed by atoms with Crippen molar-refractivity contribution >= 4 is 22.7 Å². The Bertz CT molecular complexity index is 648. The number of fused-ring (bicyclic) bond motifs is 1. The molecule has 2 heterocycles. The van der Waals surface area contributed by atoms with Crippen LogP contribution in [0.1, 0.15) is 13.3 Å². The van der Waals surface area contributed by atoms with Gasteiger partial charge in [0.2, 0.25) is 0 Å². The lowest BCUT2D eigenvalue weighted by Gasteiger charge is -2.29. The molecule has 0 bridgehead atoms. The van der Waals surface area contributed by atoms with Crippen LogP contribution in [0.25, 0.3) is 11.0 Å². The van der Waals surface area contributed by atoms with Gasteiger partial charge in [0.25, 0.3) is 0 Å². The van der Waals surface area contributed by atoms with Crippen LogP contribution in [-0.4, -0.2) is 53.7 Å². The van der Waals surface area contributed by atoms with E-state index in [-0.39, 0.29) is 5.97 Å². The van der Waals surface area contributed by atoms with Gasteiger partial charge in [-0.15, -0.1) is 5.10 Å². The van der Waals surface area contributed by atoms with Crippen LogP contribution < -0.4 is 10.2 Å². The number of hydrogen-bond acceptors (Lipinski definition) is 6. The van der Waals surface area contributed by atoms with Crippen LogP contribution in [0.5, 0.6) is 0 Å². The number of nitrogens with one attached hydrogen (secondary N) is 1. The summed E-state index contributed by atoms with van der Waals surface area (Å²) in [6.07, 6.45) is 0.311. The number of aryl methyl sites for hydroxylation is 1. The fourth-order valence-corrected chi connectivity index (χ4v) is 2.68. The molecule has 0 unspecified atom stereocenters. The van der Waals surface area contributed by atoms with E-state index in [1.807, 2.05) is 6.07 Å². The van der Waals surface area contributed by atoms with Gasteiger partial charge in [0.05, 0.1) is 25.1 Å². The number of benzene rings is 1. The Morgan fingerprint density at radius 2 is 2.18 bits per heavy atom. The van der Waals surface area contributed by atoms with Crippen molar-refractivity contribution in [3.63, 3.8) is 0 Å². The van der Waals surface area contributed by atoms with Gasteiger partial charge in [-0.25, -0.2) is 4.68 Å². The highest BCUT2D eigenvalue weighted by atomic mass is 16.5. The normalized spacial score (nSPS) is 15.2. The molecule has 1 aromatic carbocycles. The molecule has 2 aromatic rings. The lowest BCUT2D eigenvalue weighted by atomic mass is 10.2. The van der Waals surface area contributed by atoms with Gasteiger partial charge < -0.3 is 15.0 Å². The van der Waals surface area contributed by atoms with Crippen LogP contribution in [-0.2, 0) is 16.1 Å². The monoisotopic (exact) mass is 303 g/mol. The molecule has 3 rings (SSSR count). The minimum absolute atomic E-state index is 0.205. The fourth-order valence-electron chi connectivity index (χ4n) is 2.68. The molecular weight excluding hydrogens is 282 g/mol. The Morgan fingerprint density at radius 3 is 2.95 bits per heavy atom. The number of piperazine rings is 1. The Morgan fingerprint density at radius 1 is 1.36 bits per heavy atom. The van der Waals surface area contributed by atoms with E-state index >= 15 is 0 Å². The van der Waals surface area contributed by atoms with E-state index < -0.39 is 0 Å². The first-order valence-corrected chi connectivity index (χ1v) is 7.72. The highest BCUT2D eigenvalue weighted by Crippen LogP contribution is 2.21. The summed E-state index contributed by atoms with van der Waals surface area (Å²) in [5.74, 6) is -0.205. The molecule has 1 aliphatic heterocycles. The Labute approximate surface area is 129 Å². The van der Waals surface area contributed by atoms with Crippen LogP contribution in [0, 0.1) is 0 Å². The summed E-state index contributed by atoms with van der Waals surface area (Å²) in [5.41, 5.74) is 2.98. The molecule has 0 amide bonds. The third-order valence-electron chi connectivity index (χ3n) is 3.81. The third-order valence-corrected chi connectivity index (χ3v) is 3.81. The van der Waals surface area contributed by atoms with Crippen LogP contribution in [0.3, 0.4) is 0 Å². The number of nitrogens with zero attached hydrogens (tertiary/aromatic N) is 4. The van der Waals surface area contributed by atoms with Gasteiger partial charge in [0, 0.05) is 31.9 Å². The predicted molar refractivity (Wildman–Crippen MR) is 83.9 cm³/mol. The molecule has 7 heteroatoms. The van der Waals surface area contributed by atoms with Crippen molar-refractivity contribution in [3.8, 4) is 0 Å². The lowest BCUT2D eigenvalue weighted by Crippen LogP contribution is -2.43. The molecule has 1 N–H and O–H groups in total. The number of ether oxygens (including phenoxy) is 1. The van der Waals surface area contributed by atoms with Gasteiger partial charge in [0.1, 0.15) is 5.52 Å². The molecule has 1 fully saturated rings. The van der Waals surface area contributed by atoms with Crippen molar-refractivity contribution in [3.05, 3.63) is 18.2 Å². The van der Waals surface area contributed by atoms with Crippen molar-refractivity contribution in [2.45, 2.75) is 19.9 Å². The third kappa shape index (κ3) is 3.19. The predicted octanol–water partition coefficient (Wildman–Crippen LogP) is 0.794. The summed E-state index contributed by atoms with van der Waals surface area (Å²) >= 11 is 0. The van der Waals surface area contributed by atoms with Gasteiger partial charge in [-0.05, 0) is 25.1 Å². The first-order chi connectivity index (χ1) is 10.8. The maximum absolute atomic E-state index is 11.4. The minimum atomic E-state index is -0.205. The highest BCUT2D eigenvalue weighted by molar-refractivity contribution is 5.79. The quantitative estimate of drug-likeness (QED) is 0.824. The smallest absolute Gasteiger partial charge is 0.307 e. The van der Waals surface area contributed by atoms with Crippen LogP contribution in [0.4, 0.5) is 5.69 Å². The summed E-state index contributed by atoms with van der Waals surface area (Å²) in [6, 6.07) is 6.18. The summed E-state index contributed by atoms with van der Waals surface area (Å²) in [6.45, 7) is 6.72. The van der Waals surface area contributed by atoms with E-state index in [1.165, 1.54) is 5.69 Å². The van der Waals surface area contributed by atoms with Crippen molar-refractivity contribution < 1.29 is 9.53 Å². The molecule has 0 atom stereocenters. The van der Waals surface area contributed by atoms with Crippen molar-refractivity contribution in [2.75, 3.05) is 37.7 Å². The molecule has 0 saturated carbocycles. The number of aromatic nitrogens is 3. The summed E-state index contributed by atoms with van der Waals surface area (Å²) in [7, 11) is 0. The molecule has 1 aromatic heterocycles. The average Bonchev–Trinajstić information content (AvgIpc) is 2.96. The summed E-state index contributed by atoms with van der Waals surface area (Å²) in [5, 5.41) is 11.7. The zero-order chi connectivity index (χ0) is 15.4. The lowest BCUT2D eigenvalue weighted by molar-refractivity contribution is -0.143. The highest BCUT2D eigenvalue weighted by Gasteiger charge is 2.13. The SMILES string of the molecule is CCOC(=O)CCn1nnc2cc(N3CCNCC3)ccc21. The maximum atomic E-state index is 11.4. The minimum Gasteiger partial charge on any atom is -0.466 e. The van der Waals surface area contributed by atoms with Crippen molar-refractivity contribution in [1.29, 1.82) is 0 Å². The Kier molecular flexibility index (Phi) is 4.53. The molecule has 0 spiro atoms. The Balaban J connectivity index is 1.73.